The highest BCUT2D eigenvalue weighted by molar-refractivity contribution is 5.95. The van der Waals surface area contributed by atoms with E-state index < -0.39 is 4.92 Å². The van der Waals surface area contributed by atoms with E-state index in [9.17, 15) is 14.9 Å². The highest BCUT2D eigenvalue weighted by Crippen LogP contribution is 2.29. The fourth-order valence-electron chi connectivity index (χ4n) is 2.92. The van der Waals surface area contributed by atoms with Gasteiger partial charge in [-0.15, -0.1) is 0 Å². The Balaban J connectivity index is 2.02. The third kappa shape index (κ3) is 4.19. The molecule has 126 valence electrons. The Morgan fingerprint density at radius 3 is 2.70 bits per heavy atom. The number of nitrogens with zero attached hydrogens (tertiary/aromatic N) is 2. The van der Waals surface area contributed by atoms with Crippen LogP contribution >= 0.6 is 0 Å². The van der Waals surface area contributed by atoms with E-state index in [4.69, 9.17) is 4.74 Å². The Morgan fingerprint density at radius 2 is 2.13 bits per heavy atom. The lowest BCUT2D eigenvalue weighted by Crippen LogP contribution is -2.39. The number of amides is 1. The number of carbonyl (C=O) groups excluding carboxylic acids is 1. The predicted octanol–water partition coefficient (Wildman–Crippen LogP) is 2.07. The van der Waals surface area contributed by atoms with Crippen LogP contribution < -0.4 is 10.1 Å². The second kappa shape index (κ2) is 7.92. The highest BCUT2D eigenvalue weighted by atomic mass is 16.6. The number of rotatable bonds is 6. The van der Waals surface area contributed by atoms with Gasteiger partial charge in [0.1, 0.15) is 0 Å². The first-order chi connectivity index (χ1) is 11.1. The first-order valence-electron chi connectivity index (χ1n) is 7.83. The number of nitrogens with one attached hydrogen (secondary N) is 1. The number of hydrogen-bond donors (Lipinski definition) is 1. The molecule has 0 saturated carbocycles. The number of methoxy groups -OCH3 is 1. The molecule has 0 atom stereocenters. The molecule has 0 aromatic heterocycles. The van der Waals surface area contributed by atoms with Gasteiger partial charge in [0.05, 0.1) is 12.0 Å². The minimum absolute atomic E-state index is 0.0923. The van der Waals surface area contributed by atoms with Crippen LogP contribution in [0.15, 0.2) is 18.2 Å². The molecular weight excluding hydrogens is 298 g/mol. The first kappa shape index (κ1) is 17.2. The van der Waals surface area contributed by atoms with Crippen molar-refractivity contribution < 1.29 is 14.5 Å². The average Bonchev–Trinajstić information content (AvgIpc) is 2.59. The Hall–Kier alpha value is -2.15. The van der Waals surface area contributed by atoms with Gasteiger partial charge >= 0.3 is 5.69 Å². The fraction of sp³-hybridized carbons (Fsp3) is 0.562. The van der Waals surface area contributed by atoms with E-state index in [0.717, 1.165) is 38.9 Å². The molecule has 2 rings (SSSR count). The summed E-state index contributed by atoms with van der Waals surface area (Å²) in [5.74, 6) is 0.674. The number of benzene rings is 1. The molecule has 1 aromatic carbocycles. The van der Waals surface area contributed by atoms with Gasteiger partial charge in [-0.2, -0.15) is 0 Å². The monoisotopic (exact) mass is 321 g/mol. The van der Waals surface area contributed by atoms with Gasteiger partial charge in [-0.25, -0.2) is 0 Å². The number of carbonyl (C=O) groups is 1. The van der Waals surface area contributed by atoms with E-state index >= 15 is 0 Å². The van der Waals surface area contributed by atoms with Gasteiger partial charge in [0, 0.05) is 30.8 Å². The van der Waals surface area contributed by atoms with Gasteiger partial charge in [-0.1, -0.05) is 0 Å². The topological polar surface area (TPSA) is 84.7 Å². The second-order valence-electron chi connectivity index (χ2n) is 5.77. The molecule has 1 aliphatic rings. The molecule has 0 bridgehead atoms. The molecule has 23 heavy (non-hydrogen) atoms. The number of nitro groups is 1. The molecule has 0 radical (unpaired) electrons. The van der Waals surface area contributed by atoms with Crippen molar-refractivity contribution in [3.05, 3.63) is 33.9 Å². The number of ether oxygens (including phenoxy) is 1. The Kier molecular flexibility index (Phi) is 5.92. The maximum Gasteiger partial charge on any atom is 0.310 e. The molecule has 0 spiro atoms. The third-order valence-electron chi connectivity index (χ3n) is 4.33. The van der Waals surface area contributed by atoms with Gasteiger partial charge in [-0.05, 0) is 44.8 Å². The molecule has 1 heterocycles. The van der Waals surface area contributed by atoms with E-state index in [1.54, 1.807) is 0 Å². The quantitative estimate of drug-likeness (QED) is 0.640. The molecule has 7 nitrogen and oxygen atoms in total. The van der Waals surface area contributed by atoms with Crippen LogP contribution in [0, 0.1) is 16.0 Å². The molecule has 1 fully saturated rings. The Morgan fingerprint density at radius 1 is 1.43 bits per heavy atom. The molecule has 1 N–H and O–H groups in total. The summed E-state index contributed by atoms with van der Waals surface area (Å²) >= 11 is 0. The van der Waals surface area contributed by atoms with Crippen molar-refractivity contribution in [2.45, 2.75) is 19.3 Å². The van der Waals surface area contributed by atoms with Crippen LogP contribution in [0.25, 0.3) is 0 Å². The van der Waals surface area contributed by atoms with Crippen LogP contribution in [0.1, 0.15) is 29.6 Å². The zero-order valence-corrected chi connectivity index (χ0v) is 13.6. The summed E-state index contributed by atoms with van der Waals surface area (Å²) in [4.78, 5) is 24.8. The molecule has 1 saturated heterocycles. The van der Waals surface area contributed by atoms with Gasteiger partial charge in [-0.3, -0.25) is 14.9 Å². The number of likely N-dealkylation sites (tertiary alicyclic amines) is 1. The minimum atomic E-state index is -0.514. The van der Waals surface area contributed by atoms with Crippen LogP contribution in [-0.2, 0) is 0 Å². The SMILES string of the molecule is CNCCC1CCN(C(=O)c2ccc([N+](=O)[O-])c(OC)c2)CC1. The van der Waals surface area contributed by atoms with E-state index in [-0.39, 0.29) is 17.3 Å². The molecular formula is C16H23N3O4. The van der Waals surface area contributed by atoms with E-state index in [2.05, 4.69) is 5.32 Å². The average molecular weight is 321 g/mol. The summed E-state index contributed by atoms with van der Waals surface area (Å²) in [5.41, 5.74) is 0.302. The normalized spacial score (nSPS) is 15.5. The number of piperidine rings is 1. The Labute approximate surface area is 135 Å². The second-order valence-corrected chi connectivity index (χ2v) is 5.77. The van der Waals surface area contributed by atoms with Crippen molar-refractivity contribution in [3.63, 3.8) is 0 Å². The van der Waals surface area contributed by atoms with Crippen LogP contribution in [0.4, 0.5) is 5.69 Å². The standard InChI is InChI=1S/C16H23N3O4/c1-17-8-5-12-6-9-18(10-7-12)16(20)13-3-4-14(19(21)22)15(11-13)23-2/h3-4,11-12,17H,5-10H2,1-2H3. The van der Waals surface area contributed by atoms with Crippen molar-refractivity contribution in [2.75, 3.05) is 33.8 Å². The molecule has 0 aliphatic carbocycles. The van der Waals surface area contributed by atoms with Crippen molar-refractivity contribution >= 4 is 11.6 Å². The van der Waals surface area contributed by atoms with Crippen molar-refractivity contribution in [1.82, 2.24) is 10.2 Å². The maximum atomic E-state index is 12.6. The summed E-state index contributed by atoms with van der Waals surface area (Å²) in [7, 11) is 3.31. The molecule has 1 aliphatic heterocycles. The zero-order chi connectivity index (χ0) is 16.8. The summed E-state index contributed by atoms with van der Waals surface area (Å²) in [5, 5.41) is 14.1. The lowest BCUT2D eigenvalue weighted by Gasteiger charge is -2.32. The lowest BCUT2D eigenvalue weighted by molar-refractivity contribution is -0.385. The van der Waals surface area contributed by atoms with Crippen LogP contribution in [0.3, 0.4) is 0 Å². The number of nitro benzene ring substituents is 1. The Bertz CT molecular complexity index is 568. The van der Waals surface area contributed by atoms with Crippen LogP contribution in [-0.4, -0.2) is 49.5 Å². The number of hydrogen-bond acceptors (Lipinski definition) is 5. The summed E-state index contributed by atoms with van der Waals surface area (Å²) in [6.45, 7) is 2.46. The van der Waals surface area contributed by atoms with Crippen molar-refractivity contribution in [1.29, 1.82) is 0 Å². The van der Waals surface area contributed by atoms with Crippen LogP contribution in [0.2, 0.25) is 0 Å². The molecule has 0 unspecified atom stereocenters. The van der Waals surface area contributed by atoms with Gasteiger partial charge in [0.25, 0.3) is 5.91 Å². The largest absolute Gasteiger partial charge is 0.490 e. The van der Waals surface area contributed by atoms with Gasteiger partial charge in [0.2, 0.25) is 0 Å². The van der Waals surface area contributed by atoms with Crippen molar-refractivity contribution in [2.24, 2.45) is 5.92 Å². The summed E-state index contributed by atoms with van der Waals surface area (Å²) in [6, 6.07) is 4.27. The first-order valence-corrected chi connectivity index (χ1v) is 7.83. The van der Waals surface area contributed by atoms with Crippen molar-refractivity contribution in [3.8, 4) is 5.75 Å². The summed E-state index contributed by atoms with van der Waals surface area (Å²) in [6.07, 6.45) is 3.12. The van der Waals surface area contributed by atoms with E-state index in [1.165, 1.54) is 25.3 Å². The molecule has 7 heteroatoms. The highest BCUT2D eigenvalue weighted by Gasteiger charge is 2.25. The molecule has 1 aromatic rings. The zero-order valence-electron chi connectivity index (χ0n) is 13.6. The maximum absolute atomic E-state index is 12.6. The lowest BCUT2D eigenvalue weighted by atomic mass is 9.93. The minimum Gasteiger partial charge on any atom is -0.490 e. The van der Waals surface area contributed by atoms with Gasteiger partial charge < -0.3 is 15.0 Å². The third-order valence-corrected chi connectivity index (χ3v) is 4.33. The van der Waals surface area contributed by atoms with E-state index in [1.807, 2.05) is 11.9 Å². The van der Waals surface area contributed by atoms with Gasteiger partial charge in [0.15, 0.2) is 5.75 Å². The smallest absolute Gasteiger partial charge is 0.310 e. The predicted molar refractivity (Wildman–Crippen MR) is 86.8 cm³/mol. The fourth-order valence-corrected chi connectivity index (χ4v) is 2.92. The van der Waals surface area contributed by atoms with E-state index in [0.29, 0.717) is 11.5 Å². The molecule has 1 amide bonds. The summed E-state index contributed by atoms with van der Waals surface area (Å²) < 4.78 is 5.03. The van der Waals surface area contributed by atoms with Crippen LogP contribution in [0.5, 0.6) is 5.75 Å².